The van der Waals surface area contributed by atoms with Crippen LogP contribution in [0.25, 0.3) is 0 Å². The van der Waals surface area contributed by atoms with E-state index in [-0.39, 0.29) is 5.60 Å². The Morgan fingerprint density at radius 3 is 2.67 bits per heavy atom. The molecule has 0 saturated heterocycles. The molecule has 0 unspecified atom stereocenters. The Hall–Kier alpha value is -0.280. The Bertz CT molecular complexity index is 254. The van der Waals surface area contributed by atoms with Gasteiger partial charge in [-0.1, -0.05) is 11.3 Å². The van der Waals surface area contributed by atoms with E-state index in [4.69, 9.17) is 16.3 Å². The van der Waals surface area contributed by atoms with Crippen LogP contribution in [0.5, 0.6) is 5.19 Å². The summed E-state index contributed by atoms with van der Waals surface area (Å²) in [6.45, 7) is 5.98. The van der Waals surface area contributed by atoms with Crippen LogP contribution in [0.3, 0.4) is 0 Å². The third-order valence-corrected chi connectivity index (χ3v) is 2.10. The number of thiazole rings is 1. The lowest BCUT2D eigenvalue weighted by molar-refractivity contribution is 0.130. The van der Waals surface area contributed by atoms with Crippen LogP contribution in [0, 0.1) is 0 Å². The molecule has 0 N–H and O–H groups in total. The first kappa shape index (κ1) is 9.81. The van der Waals surface area contributed by atoms with Crippen LogP contribution in [-0.2, 0) is 5.88 Å². The molecule has 0 atom stereocenters. The molecule has 0 spiro atoms. The van der Waals surface area contributed by atoms with E-state index in [0.29, 0.717) is 11.1 Å². The minimum atomic E-state index is -0.179. The number of rotatable bonds is 2. The fourth-order valence-electron chi connectivity index (χ4n) is 0.659. The van der Waals surface area contributed by atoms with E-state index in [9.17, 15) is 0 Å². The van der Waals surface area contributed by atoms with Crippen LogP contribution in [0.4, 0.5) is 0 Å². The number of aromatic nitrogens is 1. The SMILES string of the molecule is CC(C)(C)Oc1nc(CCl)cs1. The van der Waals surface area contributed by atoms with Crippen molar-refractivity contribution in [2.75, 3.05) is 0 Å². The molecule has 0 aliphatic rings. The fourth-order valence-corrected chi connectivity index (χ4v) is 1.73. The van der Waals surface area contributed by atoms with Crippen molar-refractivity contribution in [1.82, 2.24) is 4.98 Å². The molecule has 0 aromatic carbocycles. The Balaban J connectivity index is 2.64. The molecule has 1 rings (SSSR count). The van der Waals surface area contributed by atoms with Crippen LogP contribution in [-0.4, -0.2) is 10.6 Å². The second-order valence-electron chi connectivity index (χ2n) is 3.45. The molecule has 0 radical (unpaired) electrons. The van der Waals surface area contributed by atoms with Gasteiger partial charge in [0.25, 0.3) is 5.19 Å². The van der Waals surface area contributed by atoms with Crippen molar-refractivity contribution in [2.45, 2.75) is 32.3 Å². The minimum absolute atomic E-state index is 0.179. The Kier molecular flexibility index (Phi) is 2.96. The van der Waals surface area contributed by atoms with E-state index in [1.165, 1.54) is 11.3 Å². The van der Waals surface area contributed by atoms with Gasteiger partial charge in [0.15, 0.2) is 0 Å². The summed E-state index contributed by atoms with van der Waals surface area (Å²) >= 11 is 7.08. The highest BCUT2D eigenvalue weighted by atomic mass is 35.5. The number of nitrogens with zero attached hydrogens (tertiary/aromatic N) is 1. The molecule has 4 heteroatoms. The topological polar surface area (TPSA) is 22.1 Å². The molecule has 0 fully saturated rings. The standard InChI is InChI=1S/C8H12ClNOS/c1-8(2,3)11-7-10-6(4-9)5-12-7/h5H,4H2,1-3H3. The second-order valence-corrected chi connectivity index (χ2v) is 4.54. The van der Waals surface area contributed by atoms with E-state index in [1.54, 1.807) is 0 Å². The molecule has 1 heterocycles. The highest BCUT2D eigenvalue weighted by Crippen LogP contribution is 2.23. The lowest BCUT2D eigenvalue weighted by atomic mass is 10.2. The smallest absolute Gasteiger partial charge is 0.273 e. The summed E-state index contributed by atoms with van der Waals surface area (Å²) in [6, 6.07) is 0. The normalized spacial score (nSPS) is 11.7. The van der Waals surface area contributed by atoms with E-state index < -0.39 is 0 Å². The summed E-state index contributed by atoms with van der Waals surface area (Å²) in [4.78, 5) is 4.18. The van der Waals surface area contributed by atoms with Crippen LogP contribution in [0.15, 0.2) is 5.38 Å². The van der Waals surface area contributed by atoms with Crippen LogP contribution < -0.4 is 4.74 Å². The van der Waals surface area contributed by atoms with E-state index in [2.05, 4.69) is 4.98 Å². The number of hydrogen-bond acceptors (Lipinski definition) is 3. The van der Waals surface area contributed by atoms with E-state index in [1.807, 2.05) is 26.2 Å². The van der Waals surface area contributed by atoms with Crippen molar-refractivity contribution >= 4 is 22.9 Å². The molecule has 68 valence electrons. The van der Waals surface area contributed by atoms with Crippen LogP contribution in [0.2, 0.25) is 0 Å². The van der Waals surface area contributed by atoms with Crippen molar-refractivity contribution in [3.63, 3.8) is 0 Å². The molecule has 2 nitrogen and oxygen atoms in total. The first-order chi connectivity index (χ1) is 5.51. The molecule has 0 bridgehead atoms. The van der Waals surface area contributed by atoms with Crippen molar-refractivity contribution in [3.8, 4) is 5.19 Å². The van der Waals surface area contributed by atoms with Crippen molar-refractivity contribution in [3.05, 3.63) is 11.1 Å². The average Bonchev–Trinajstić information content (AvgIpc) is 2.32. The first-order valence-electron chi connectivity index (χ1n) is 3.70. The van der Waals surface area contributed by atoms with Crippen molar-refractivity contribution in [1.29, 1.82) is 0 Å². The number of alkyl halides is 1. The predicted octanol–water partition coefficient (Wildman–Crippen LogP) is 3.06. The van der Waals surface area contributed by atoms with Gasteiger partial charge in [0, 0.05) is 5.38 Å². The molecule has 0 amide bonds. The molecule has 0 aliphatic carbocycles. The summed E-state index contributed by atoms with van der Waals surface area (Å²) in [6.07, 6.45) is 0. The maximum absolute atomic E-state index is 5.60. The zero-order valence-electron chi connectivity index (χ0n) is 7.43. The number of hydrogen-bond donors (Lipinski definition) is 0. The summed E-state index contributed by atoms with van der Waals surface area (Å²) < 4.78 is 5.53. The highest BCUT2D eigenvalue weighted by Gasteiger charge is 2.13. The zero-order chi connectivity index (χ0) is 9.19. The van der Waals surface area contributed by atoms with Gasteiger partial charge in [-0.2, -0.15) is 0 Å². The van der Waals surface area contributed by atoms with Gasteiger partial charge < -0.3 is 4.74 Å². The second kappa shape index (κ2) is 3.62. The van der Waals surface area contributed by atoms with Crippen LogP contribution in [0.1, 0.15) is 26.5 Å². The van der Waals surface area contributed by atoms with E-state index >= 15 is 0 Å². The van der Waals surface area contributed by atoms with Crippen LogP contribution >= 0.6 is 22.9 Å². The largest absolute Gasteiger partial charge is 0.464 e. The minimum Gasteiger partial charge on any atom is -0.464 e. The van der Waals surface area contributed by atoms with Gasteiger partial charge in [-0.05, 0) is 20.8 Å². The first-order valence-corrected chi connectivity index (χ1v) is 5.12. The molecule has 12 heavy (non-hydrogen) atoms. The average molecular weight is 206 g/mol. The molecule has 1 aromatic heterocycles. The Morgan fingerprint density at radius 2 is 2.25 bits per heavy atom. The molecule has 0 aliphatic heterocycles. The van der Waals surface area contributed by atoms with Gasteiger partial charge in [0.2, 0.25) is 0 Å². The summed E-state index contributed by atoms with van der Waals surface area (Å²) in [5.74, 6) is 0.448. The van der Waals surface area contributed by atoms with Gasteiger partial charge >= 0.3 is 0 Å². The third kappa shape index (κ3) is 2.99. The van der Waals surface area contributed by atoms with Crippen molar-refractivity contribution in [2.24, 2.45) is 0 Å². The Morgan fingerprint density at radius 1 is 1.58 bits per heavy atom. The lowest BCUT2D eigenvalue weighted by Gasteiger charge is -2.18. The fraction of sp³-hybridized carbons (Fsp3) is 0.625. The number of halogens is 1. The molecule has 1 aromatic rings. The summed E-state index contributed by atoms with van der Waals surface area (Å²) in [5, 5.41) is 2.60. The maximum atomic E-state index is 5.60. The van der Waals surface area contributed by atoms with Gasteiger partial charge in [-0.25, -0.2) is 4.98 Å². The molecular weight excluding hydrogens is 194 g/mol. The van der Waals surface area contributed by atoms with Gasteiger partial charge in [0.1, 0.15) is 5.60 Å². The summed E-state index contributed by atoms with van der Waals surface area (Å²) in [7, 11) is 0. The van der Waals surface area contributed by atoms with E-state index in [0.717, 1.165) is 5.69 Å². The van der Waals surface area contributed by atoms with Gasteiger partial charge in [0.05, 0.1) is 11.6 Å². The van der Waals surface area contributed by atoms with Gasteiger partial charge in [-0.3, -0.25) is 0 Å². The quantitative estimate of drug-likeness (QED) is 0.693. The molecule has 0 saturated carbocycles. The van der Waals surface area contributed by atoms with Crippen molar-refractivity contribution < 1.29 is 4.74 Å². The van der Waals surface area contributed by atoms with Gasteiger partial charge in [-0.15, -0.1) is 11.6 Å². The zero-order valence-corrected chi connectivity index (χ0v) is 9.00. The third-order valence-electron chi connectivity index (χ3n) is 1.06. The maximum Gasteiger partial charge on any atom is 0.273 e. The predicted molar refractivity (Wildman–Crippen MR) is 52.1 cm³/mol. The summed E-state index contributed by atoms with van der Waals surface area (Å²) in [5.41, 5.74) is 0.697. The molecular formula is C8H12ClNOS. The highest BCUT2D eigenvalue weighted by molar-refractivity contribution is 7.11. The lowest BCUT2D eigenvalue weighted by Crippen LogP contribution is -2.22. The Labute approximate surface area is 81.5 Å². The monoisotopic (exact) mass is 205 g/mol. The number of ether oxygens (including phenoxy) is 1.